The zero-order valence-electron chi connectivity index (χ0n) is 10.6. The molecule has 1 heteroatoms. The smallest absolute Gasteiger partial charge is 0.0341 e. The van der Waals surface area contributed by atoms with Crippen molar-refractivity contribution in [3.63, 3.8) is 0 Å². The van der Waals surface area contributed by atoms with Gasteiger partial charge in [0.05, 0.1) is 0 Å². The van der Waals surface area contributed by atoms with E-state index in [9.17, 15) is 0 Å². The maximum atomic E-state index is 2.32. The number of unbranched alkanes of at least 4 members (excludes halogenated alkanes) is 1. The Balaban J connectivity index is 1.88. The van der Waals surface area contributed by atoms with E-state index in [4.69, 9.17) is 0 Å². The zero-order chi connectivity index (χ0) is 12.4. The average Bonchev–Trinajstić information content (AvgIpc) is 3.01. The van der Waals surface area contributed by atoms with Crippen LogP contribution in [0.5, 0.6) is 0 Å². The van der Waals surface area contributed by atoms with Crippen LogP contribution in [0.3, 0.4) is 0 Å². The predicted molar refractivity (Wildman–Crippen MR) is 80.6 cm³/mol. The van der Waals surface area contributed by atoms with Gasteiger partial charge in [0, 0.05) is 11.3 Å². The fourth-order valence-corrected chi connectivity index (χ4v) is 3.38. The third kappa shape index (κ3) is 2.15. The van der Waals surface area contributed by atoms with Crippen molar-refractivity contribution in [2.24, 2.45) is 0 Å². The van der Waals surface area contributed by atoms with Crippen molar-refractivity contribution in [1.29, 1.82) is 0 Å². The molecule has 0 atom stereocenters. The van der Waals surface area contributed by atoms with Gasteiger partial charge < -0.3 is 0 Å². The van der Waals surface area contributed by atoms with Gasteiger partial charge in [0.25, 0.3) is 0 Å². The van der Waals surface area contributed by atoms with Crippen LogP contribution in [0, 0.1) is 6.42 Å². The van der Waals surface area contributed by atoms with Crippen molar-refractivity contribution in [2.75, 3.05) is 0 Å². The molecule has 0 fully saturated rings. The summed E-state index contributed by atoms with van der Waals surface area (Å²) >= 11 is 1.87. The molecule has 0 saturated carbocycles. The molecular weight excluding hydrogens is 236 g/mol. The summed E-state index contributed by atoms with van der Waals surface area (Å²) in [5.41, 5.74) is 5.60. The molecule has 1 aliphatic rings. The predicted octanol–water partition coefficient (Wildman–Crippen LogP) is 5.20. The number of hydrogen-bond acceptors (Lipinski definition) is 1. The Morgan fingerprint density at radius 2 is 1.89 bits per heavy atom. The molecule has 18 heavy (non-hydrogen) atoms. The highest BCUT2D eigenvalue weighted by Crippen LogP contribution is 2.37. The van der Waals surface area contributed by atoms with Gasteiger partial charge >= 0.3 is 0 Å². The van der Waals surface area contributed by atoms with E-state index in [1.165, 1.54) is 46.4 Å². The summed E-state index contributed by atoms with van der Waals surface area (Å²) in [7, 11) is 0. The number of fused-ring (bicyclic) bond motifs is 1. The third-order valence-electron chi connectivity index (χ3n) is 3.43. The molecule has 1 radical (unpaired) electrons. The molecule has 91 valence electrons. The van der Waals surface area contributed by atoms with Crippen molar-refractivity contribution < 1.29 is 0 Å². The summed E-state index contributed by atoms with van der Waals surface area (Å²) < 4.78 is 0. The van der Waals surface area contributed by atoms with Crippen LogP contribution in [0.25, 0.3) is 11.6 Å². The molecule has 1 heterocycles. The molecule has 0 N–H and O–H groups in total. The van der Waals surface area contributed by atoms with Crippen molar-refractivity contribution in [1.82, 2.24) is 0 Å². The first kappa shape index (κ1) is 11.7. The van der Waals surface area contributed by atoms with Crippen LogP contribution < -0.4 is 0 Å². The van der Waals surface area contributed by atoms with Crippen LogP contribution in [0.4, 0.5) is 0 Å². The molecule has 2 aromatic rings. The van der Waals surface area contributed by atoms with Gasteiger partial charge in [-0.15, -0.1) is 11.3 Å². The number of aryl methyl sites for hydroxylation is 1. The van der Waals surface area contributed by atoms with Crippen molar-refractivity contribution in [2.45, 2.75) is 26.2 Å². The quantitative estimate of drug-likeness (QED) is 0.702. The highest BCUT2D eigenvalue weighted by molar-refractivity contribution is 7.11. The van der Waals surface area contributed by atoms with Crippen LogP contribution in [0.1, 0.15) is 41.3 Å². The van der Waals surface area contributed by atoms with E-state index in [-0.39, 0.29) is 0 Å². The fraction of sp³-hybridized carbons (Fsp3) is 0.235. The largest absolute Gasteiger partial charge is 0.144 e. The zero-order valence-corrected chi connectivity index (χ0v) is 11.5. The summed E-state index contributed by atoms with van der Waals surface area (Å²) in [6, 6.07) is 10.9. The summed E-state index contributed by atoms with van der Waals surface area (Å²) in [5.74, 6) is 0. The van der Waals surface area contributed by atoms with Crippen LogP contribution in [-0.4, -0.2) is 0 Å². The molecular formula is C17H17S. The molecule has 1 aromatic heterocycles. The van der Waals surface area contributed by atoms with E-state index in [1.807, 2.05) is 11.3 Å². The van der Waals surface area contributed by atoms with E-state index in [0.717, 1.165) is 0 Å². The molecule has 0 nitrogen and oxygen atoms in total. The molecule has 0 aliphatic heterocycles. The lowest BCUT2D eigenvalue weighted by Crippen LogP contribution is -1.87. The Kier molecular flexibility index (Phi) is 3.33. The topological polar surface area (TPSA) is 0 Å². The Bertz CT molecular complexity index is 575. The van der Waals surface area contributed by atoms with Crippen molar-refractivity contribution in [3.05, 3.63) is 63.7 Å². The molecule has 1 aromatic carbocycles. The Labute approximate surface area is 113 Å². The van der Waals surface area contributed by atoms with E-state index in [1.54, 1.807) is 0 Å². The second-order valence-corrected chi connectivity index (χ2v) is 5.67. The normalized spacial score (nSPS) is 13.5. The molecule has 0 amide bonds. The summed E-state index contributed by atoms with van der Waals surface area (Å²) in [6.45, 7) is 2.25. The Hall–Kier alpha value is -1.34. The summed E-state index contributed by atoms with van der Waals surface area (Å²) in [5, 5.41) is 2.22. The second-order valence-electron chi connectivity index (χ2n) is 4.75. The standard InChI is InChI=1S/C17H17S/c1-2-3-6-13-9-10-18-17(13)16-11-14-7-4-5-8-15(14)12-16/h4-5,7-12H,2-3,6H2,1H3. The molecule has 0 unspecified atom stereocenters. The number of rotatable bonds is 4. The lowest BCUT2D eigenvalue weighted by Gasteiger charge is -2.03. The van der Waals surface area contributed by atoms with E-state index >= 15 is 0 Å². The maximum Gasteiger partial charge on any atom is 0.0341 e. The maximum absolute atomic E-state index is 2.32. The highest BCUT2D eigenvalue weighted by atomic mass is 32.1. The average molecular weight is 253 g/mol. The number of allylic oxidation sites excluding steroid dienone is 1. The van der Waals surface area contributed by atoms with Crippen LogP contribution in [0.2, 0.25) is 0 Å². The monoisotopic (exact) mass is 253 g/mol. The van der Waals surface area contributed by atoms with Crippen LogP contribution in [0.15, 0.2) is 35.7 Å². The first-order valence-electron chi connectivity index (χ1n) is 6.60. The number of hydrogen-bond donors (Lipinski definition) is 0. The minimum absolute atomic E-state index is 1.21. The third-order valence-corrected chi connectivity index (χ3v) is 4.43. The first-order chi connectivity index (χ1) is 8.88. The lowest BCUT2D eigenvalue weighted by molar-refractivity contribution is 0.796. The SMILES string of the molecule is CCCCc1ccsc1C1=Cc2ccccc2[CH]1. The van der Waals surface area contributed by atoms with Crippen LogP contribution in [-0.2, 0) is 6.42 Å². The van der Waals surface area contributed by atoms with E-state index in [2.05, 4.69) is 55.1 Å². The fourth-order valence-electron chi connectivity index (χ4n) is 2.43. The molecule has 3 rings (SSSR count). The van der Waals surface area contributed by atoms with E-state index < -0.39 is 0 Å². The van der Waals surface area contributed by atoms with Crippen LogP contribution >= 0.6 is 11.3 Å². The molecule has 1 aliphatic carbocycles. The van der Waals surface area contributed by atoms with Gasteiger partial charge in [-0.3, -0.25) is 0 Å². The molecule has 0 saturated heterocycles. The van der Waals surface area contributed by atoms with Crippen molar-refractivity contribution in [3.8, 4) is 0 Å². The van der Waals surface area contributed by atoms with E-state index in [0.29, 0.717) is 0 Å². The minimum atomic E-state index is 1.21. The van der Waals surface area contributed by atoms with Crippen molar-refractivity contribution >= 4 is 23.0 Å². The van der Waals surface area contributed by atoms with Gasteiger partial charge in [-0.2, -0.15) is 0 Å². The molecule has 0 bridgehead atoms. The Morgan fingerprint density at radius 3 is 2.67 bits per heavy atom. The summed E-state index contributed by atoms with van der Waals surface area (Å²) in [4.78, 5) is 1.46. The van der Waals surface area contributed by atoms with Gasteiger partial charge in [0.15, 0.2) is 0 Å². The van der Waals surface area contributed by atoms with Gasteiger partial charge in [0.2, 0.25) is 0 Å². The number of thiophene rings is 1. The lowest BCUT2D eigenvalue weighted by atomic mass is 10.0. The summed E-state index contributed by atoms with van der Waals surface area (Å²) in [6.07, 6.45) is 8.38. The van der Waals surface area contributed by atoms with Gasteiger partial charge in [-0.05, 0) is 52.6 Å². The Morgan fingerprint density at radius 1 is 1.06 bits per heavy atom. The minimum Gasteiger partial charge on any atom is -0.144 e. The van der Waals surface area contributed by atoms with Gasteiger partial charge in [-0.1, -0.05) is 37.6 Å². The highest BCUT2D eigenvalue weighted by Gasteiger charge is 2.17. The van der Waals surface area contributed by atoms with Gasteiger partial charge in [0.1, 0.15) is 0 Å². The van der Waals surface area contributed by atoms with Gasteiger partial charge in [-0.25, -0.2) is 0 Å². The number of benzene rings is 1. The molecule has 0 spiro atoms. The second kappa shape index (κ2) is 5.11. The first-order valence-corrected chi connectivity index (χ1v) is 7.48.